The van der Waals surface area contributed by atoms with E-state index in [2.05, 4.69) is 9.71 Å². The highest BCUT2D eigenvalue weighted by molar-refractivity contribution is 7.92. The van der Waals surface area contributed by atoms with Gasteiger partial charge in [0, 0.05) is 19.5 Å². The van der Waals surface area contributed by atoms with E-state index < -0.39 is 15.8 Å². The molecule has 0 aliphatic carbocycles. The summed E-state index contributed by atoms with van der Waals surface area (Å²) in [5.41, 5.74) is 1.97. The fourth-order valence-corrected chi connectivity index (χ4v) is 3.94. The number of oxazole rings is 2. The Bertz CT molecular complexity index is 1300. The molecule has 2 aromatic carbocycles. The van der Waals surface area contributed by atoms with Gasteiger partial charge in [0.05, 0.1) is 16.1 Å². The van der Waals surface area contributed by atoms with E-state index in [-0.39, 0.29) is 16.2 Å². The van der Waals surface area contributed by atoms with Gasteiger partial charge in [-0.2, -0.15) is 0 Å². The van der Waals surface area contributed by atoms with Crippen LogP contribution in [0.3, 0.4) is 0 Å². The number of hydrogen-bond acceptors (Lipinski definition) is 6. The number of nitrogens with zero attached hydrogens (tertiary/aromatic N) is 2. The minimum Gasteiger partial charge on any atom is -0.439 e. The number of nitrogens with one attached hydrogen (secondary N) is 1. The van der Waals surface area contributed by atoms with Gasteiger partial charge in [-0.25, -0.2) is 18.2 Å². The number of anilines is 1. The van der Waals surface area contributed by atoms with Gasteiger partial charge in [0.25, 0.3) is 10.0 Å². The molecule has 0 saturated heterocycles. The van der Waals surface area contributed by atoms with E-state index in [1.807, 2.05) is 6.92 Å². The summed E-state index contributed by atoms with van der Waals surface area (Å²) in [7, 11) is -3.91. The number of benzene rings is 2. The molecular formula is C17H15N3O5S. The third-order valence-corrected chi connectivity index (χ3v) is 5.40. The molecule has 4 rings (SSSR count). The summed E-state index contributed by atoms with van der Waals surface area (Å²) in [6, 6.07) is 9.33. The number of fused-ring (bicyclic) bond motifs is 2. The Morgan fingerprint density at radius 2 is 2.00 bits per heavy atom. The maximum Gasteiger partial charge on any atom is 0.419 e. The van der Waals surface area contributed by atoms with Crippen molar-refractivity contribution >= 4 is 37.9 Å². The molecule has 4 aromatic rings. The fraction of sp³-hybridized carbons (Fsp3) is 0.176. The largest absolute Gasteiger partial charge is 0.439 e. The topological polar surface area (TPSA) is 107 Å². The second kappa shape index (κ2) is 5.73. The van der Waals surface area contributed by atoms with Crippen LogP contribution in [0.5, 0.6) is 0 Å². The van der Waals surface area contributed by atoms with Crippen molar-refractivity contribution in [3.63, 3.8) is 0 Å². The van der Waals surface area contributed by atoms with Gasteiger partial charge in [0.1, 0.15) is 5.52 Å². The molecule has 0 fully saturated rings. The van der Waals surface area contributed by atoms with Crippen molar-refractivity contribution in [3.05, 3.63) is 52.8 Å². The van der Waals surface area contributed by atoms with Gasteiger partial charge in [0.2, 0.25) is 0 Å². The van der Waals surface area contributed by atoms with Crippen LogP contribution in [0.15, 0.2) is 54.9 Å². The lowest BCUT2D eigenvalue weighted by Gasteiger charge is -2.08. The molecular weight excluding hydrogens is 358 g/mol. The molecule has 0 saturated carbocycles. The lowest BCUT2D eigenvalue weighted by molar-refractivity contribution is 0.512. The highest BCUT2D eigenvalue weighted by Crippen LogP contribution is 2.27. The number of hydrogen-bond donors (Lipinski definition) is 1. The van der Waals surface area contributed by atoms with Crippen LogP contribution < -0.4 is 10.5 Å². The summed E-state index contributed by atoms with van der Waals surface area (Å²) >= 11 is 0. The van der Waals surface area contributed by atoms with Gasteiger partial charge in [-0.15, -0.1) is 0 Å². The quantitative estimate of drug-likeness (QED) is 0.589. The SMILES string of the molecule is CCn1c(=O)oc2cc(S(=O)(=O)Nc3cccc4nc(C)oc34)ccc21. The number of rotatable bonds is 4. The molecule has 0 aliphatic heterocycles. The average Bonchev–Trinajstić information content (AvgIpc) is 3.12. The van der Waals surface area contributed by atoms with Crippen LogP contribution in [-0.2, 0) is 16.6 Å². The van der Waals surface area contributed by atoms with E-state index in [0.29, 0.717) is 29.1 Å². The molecule has 8 nitrogen and oxygen atoms in total. The normalized spacial score (nSPS) is 12.1. The van der Waals surface area contributed by atoms with Crippen LogP contribution in [0.4, 0.5) is 5.69 Å². The van der Waals surface area contributed by atoms with Crippen LogP contribution in [0.25, 0.3) is 22.2 Å². The maximum absolute atomic E-state index is 12.8. The molecule has 0 atom stereocenters. The van der Waals surface area contributed by atoms with Gasteiger partial charge >= 0.3 is 5.76 Å². The minimum atomic E-state index is -3.91. The Morgan fingerprint density at radius 3 is 2.77 bits per heavy atom. The number of aryl methyl sites for hydroxylation is 2. The molecule has 2 aromatic heterocycles. The zero-order valence-electron chi connectivity index (χ0n) is 14.0. The first-order valence-electron chi connectivity index (χ1n) is 7.91. The molecule has 0 spiro atoms. The first kappa shape index (κ1) is 16.4. The minimum absolute atomic E-state index is 0.0183. The molecule has 0 amide bonds. The highest BCUT2D eigenvalue weighted by atomic mass is 32.2. The molecule has 0 bridgehead atoms. The number of aromatic nitrogens is 2. The molecule has 0 unspecified atom stereocenters. The van der Waals surface area contributed by atoms with Crippen molar-refractivity contribution in [3.8, 4) is 0 Å². The standard InChI is InChI=1S/C17H15N3O5S/c1-3-20-14-8-7-11(9-15(14)25-17(20)21)26(22,23)19-13-6-4-5-12-16(13)24-10(2)18-12/h4-9,19H,3H2,1-2H3. The predicted octanol–water partition coefficient (Wildman–Crippen LogP) is 2.86. The Morgan fingerprint density at radius 1 is 1.19 bits per heavy atom. The molecule has 1 N–H and O–H groups in total. The van der Waals surface area contributed by atoms with Gasteiger partial charge in [-0.1, -0.05) is 6.07 Å². The van der Waals surface area contributed by atoms with Crippen LogP contribution in [0, 0.1) is 6.92 Å². The van der Waals surface area contributed by atoms with Crippen molar-refractivity contribution < 1.29 is 17.3 Å². The van der Waals surface area contributed by atoms with Crippen molar-refractivity contribution in [2.24, 2.45) is 0 Å². The Hall–Kier alpha value is -3.07. The first-order valence-corrected chi connectivity index (χ1v) is 9.40. The highest BCUT2D eigenvalue weighted by Gasteiger charge is 2.19. The zero-order valence-corrected chi connectivity index (χ0v) is 14.8. The van der Waals surface area contributed by atoms with Crippen molar-refractivity contribution in [2.45, 2.75) is 25.3 Å². The molecule has 26 heavy (non-hydrogen) atoms. The average molecular weight is 373 g/mol. The van der Waals surface area contributed by atoms with Gasteiger partial charge in [0.15, 0.2) is 17.1 Å². The number of para-hydroxylation sites is 1. The summed E-state index contributed by atoms with van der Waals surface area (Å²) in [5.74, 6) is -0.0809. The van der Waals surface area contributed by atoms with Crippen LogP contribution >= 0.6 is 0 Å². The first-order chi connectivity index (χ1) is 12.4. The second-order valence-corrected chi connectivity index (χ2v) is 7.42. The Balaban J connectivity index is 1.79. The summed E-state index contributed by atoms with van der Waals surface area (Å²) in [6.07, 6.45) is 0. The third kappa shape index (κ3) is 2.57. The Labute approximate surface area is 148 Å². The van der Waals surface area contributed by atoms with Crippen molar-refractivity contribution in [1.82, 2.24) is 9.55 Å². The van der Waals surface area contributed by atoms with E-state index in [9.17, 15) is 13.2 Å². The molecule has 2 heterocycles. The lowest BCUT2D eigenvalue weighted by Crippen LogP contribution is -2.13. The molecule has 9 heteroatoms. The fourth-order valence-electron chi connectivity index (χ4n) is 2.86. The summed E-state index contributed by atoms with van der Waals surface area (Å²) < 4.78 is 40.1. The summed E-state index contributed by atoms with van der Waals surface area (Å²) in [5, 5.41) is 0. The second-order valence-electron chi connectivity index (χ2n) is 5.73. The van der Waals surface area contributed by atoms with Crippen molar-refractivity contribution in [2.75, 3.05) is 4.72 Å². The van der Waals surface area contributed by atoms with Crippen LogP contribution in [0.2, 0.25) is 0 Å². The molecule has 0 radical (unpaired) electrons. The van der Waals surface area contributed by atoms with E-state index >= 15 is 0 Å². The lowest BCUT2D eigenvalue weighted by atomic mass is 10.3. The van der Waals surface area contributed by atoms with Gasteiger partial charge in [-0.3, -0.25) is 9.29 Å². The monoisotopic (exact) mass is 373 g/mol. The molecule has 134 valence electrons. The third-order valence-electron chi connectivity index (χ3n) is 4.03. The smallest absolute Gasteiger partial charge is 0.419 e. The zero-order chi connectivity index (χ0) is 18.5. The maximum atomic E-state index is 12.8. The van der Waals surface area contributed by atoms with Crippen molar-refractivity contribution in [1.29, 1.82) is 0 Å². The van der Waals surface area contributed by atoms with E-state index in [4.69, 9.17) is 8.83 Å². The van der Waals surface area contributed by atoms with Gasteiger partial charge in [-0.05, 0) is 31.2 Å². The molecule has 0 aliphatic rings. The van der Waals surface area contributed by atoms with E-state index in [0.717, 1.165) is 0 Å². The Kier molecular flexibility index (Phi) is 3.62. The summed E-state index contributed by atoms with van der Waals surface area (Å²) in [6.45, 7) is 3.93. The van der Waals surface area contributed by atoms with E-state index in [1.54, 1.807) is 31.2 Å². The van der Waals surface area contributed by atoms with Gasteiger partial charge < -0.3 is 8.83 Å². The van der Waals surface area contributed by atoms with E-state index in [1.165, 1.54) is 16.7 Å². The van der Waals surface area contributed by atoms with Crippen LogP contribution in [-0.4, -0.2) is 18.0 Å². The predicted molar refractivity (Wildman–Crippen MR) is 95.7 cm³/mol. The number of sulfonamides is 1. The van der Waals surface area contributed by atoms with Crippen LogP contribution in [0.1, 0.15) is 12.8 Å². The summed E-state index contributed by atoms with van der Waals surface area (Å²) in [4.78, 5) is 15.9.